The summed E-state index contributed by atoms with van der Waals surface area (Å²) in [5, 5.41) is 0. The third-order valence-corrected chi connectivity index (χ3v) is 3.74. The van der Waals surface area contributed by atoms with Crippen molar-refractivity contribution in [2.24, 2.45) is 11.7 Å². The van der Waals surface area contributed by atoms with Gasteiger partial charge in [-0.2, -0.15) is 0 Å². The second-order valence-electron chi connectivity index (χ2n) is 5.52. The Morgan fingerprint density at radius 1 is 1.16 bits per heavy atom. The van der Waals surface area contributed by atoms with Crippen LogP contribution < -0.4 is 10.5 Å². The molecule has 3 nitrogen and oxygen atoms in total. The second-order valence-corrected chi connectivity index (χ2v) is 5.52. The number of ether oxygens (including phenoxy) is 1. The smallest absolute Gasteiger partial charge is 0.119 e. The van der Waals surface area contributed by atoms with Crippen LogP contribution in [-0.4, -0.2) is 31.1 Å². The maximum Gasteiger partial charge on any atom is 0.119 e. The normalized spacial score (nSPS) is 13.0. The van der Waals surface area contributed by atoms with E-state index in [1.54, 1.807) is 0 Å². The van der Waals surface area contributed by atoms with E-state index in [1.165, 1.54) is 0 Å². The summed E-state index contributed by atoms with van der Waals surface area (Å²) >= 11 is 0. The van der Waals surface area contributed by atoms with Crippen LogP contribution in [0.15, 0.2) is 24.3 Å². The lowest BCUT2D eigenvalue weighted by atomic mass is 10.1. The average molecular weight is 264 g/mol. The Labute approximate surface area is 117 Å². The summed E-state index contributed by atoms with van der Waals surface area (Å²) in [6, 6.07) is 8.62. The summed E-state index contributed by atoms with van der Waals surface area (Å²) in [5.41, 5.74) is 6.70. The molecule has 0 bridgehead atoms. The van der Waals surface area contributed by atoms with Crippen LogP contribution in [0.25, 0.3) is 0 Å². The summed E-state index contributed by atoms with van der Waals surface area (Å²) in [6.45, 7) is 9.21. The predicted molar refractivity (Wildman–Crippen MR) is 81.4 cm³/mol. The van der Waals surface area contributed by atoms with E-state index in [0.29, 0.717) is 18.5 Å². The third-order valence-electron chi connectivity index (χ3n) is 3.74. The predicted octanol–water partition coefficient (Wildman–Crippen LogP) is 2.89. The quantitative estimate of drug-likeness (QED) is 0.734. The van der Waals surface area contributed by atoms with E-state index in [-0.39, 0.29) is 0 Å². The zero-order valence-corrected chi connectivity index (χ0v) is 12.7. The van der Waals surface area contributed by atoms with Gasteiger partial charge in [-0.25, -0.2) is 0 Å². The van der Waals surface area contributed by atoms with Crippen LogP contribution in [0.4, 0.5) is 0 Å². The van der Waals surface area contributed by atoms with E-state index in [2.05, 4.69) is 32.7 Å². The summed E-state index contributed by atoms with van der Waals surface area (Å²) in [7, 11) is 2.18. The SMILES string of the molecule is CC(C)C(C)N(C)CCCOc1ccc(CN)cc1. The fourth-order valence-corrected chi connectivity index (χ4v) is 1.94. The van der Waals surface area contributed by atoms with Crippen molar-refractivity contribution >= 4 is 0 Å². The van der Waals surface area contributed by atoms with Crippen LogP contribution in [0.3, 0.4) is 0 Å². The van der Waals surface area contributed by atoms with Crippen molar-refractivity contribution in [1.82, 2.24) is 4.90 Å². The fraction of sp³-hybridized carbons (Fsp3) is 0.625. The van der Waals surface area contributed by atoms with Crippen LogP contribution in [0, 0.1) is 5.92 Å². The number of hydrogen-bond donors (Lipinski definition) is 1. The highest BCUT2D eigenvalue weighted by Gasteiger charge is 2.12. The van der Waals surface area contributed by atoms with Gasteiger partial charge in [-0.15, -0.1) is 0 Å². The molecule has 1 atom stereocenters. The standard InChI is InChI=1S/C16H28N2O/c1-13(2)14(3)18(4)10-5-11-19-16-8-6-15(12-17)7-9-16/h6-9,13-14H,5,10-12,17H2,1-4H3. The molecule has 0 aromatic heterocycles. The zero-order valence-electron chi connectivity index (χ0n) is 12.7. The maximum absolute atomic E-state index is 5.73. The molecule has 0 fully saturated rings. The van der Waals surface area contributed by atoms with Crippen molar-refractivity contribution < 1.29 is 4.74 Å². The molecule has 1 aromatic rings. The first-order chi connectivity index (χ1) is 9.04. The Hall–Kier alpha value is -1.06. The summed E-state index contributed by atoms with van der Waals surface area (Å²) < 4.78 is 5.73. The Morgan fingerprint density at radius 2 is 1.79 bits per heavy atom. The van der Waals surface area contributed by atoms with Gasteiger partial charge in [0.1, 0.15) is 5.75 Å². The number of rotatable bonds is 8. The van der Waals surface area contributed by atoms with Crippen molar-refractivity contribution in [2.45, 2.75) is 39.8 Å². The number of benzene rings is 1. The highest BCUT2D eigenvalue weighted by Crippen LogP contribution is 2.12. The second kappa shape index (κ2) is 8.18. The molecule has 1 aromatic carbocycles. The largest absolute Gasteiger partial charge is 0.494 e. The van der Waals surface area contributed by atoms with Crippen LogP contribution in [0.5, 0.6) is 5.75 Å². The van der Waals surface area contributed by atoms with Gasteiger partial charge < -0.3 is 15.4 Å². The monoisotopic (exact) mass is 264 g/mol. The highest BCUT2D eigenvalue weighted by atomic mass is 16.5. The fourth-order valence-electron chi connectivity index (χ4n) is 1.94. The molecule has 1 unspecified atom stereocenters. The minimum Gasteiger partial charge on any atom is -0.494 e. The van der Waals surface area contributed by atoms with Gasteiger partial charge in [0.05, 0.1) is 6.61 Å². The summed E-state index contributed by atoms with van der Waals surface area (Å²) in [5.74, 6) is 1.62. The van der Waals surface area contributed by atoms with Gasteiger partial charge in [0.15, 0.2) is 0 Å². The maximum atomic E-state index is 5.73. The van der Waals surface area contributed by atoms with E-state index in [1.807, 2.05) is 24.3 Å². The van der Waals surface area contributed by atoms with E-state index >= 15 is 0 Å². The molecular formula is C16H28N2O. The molecule has 108 valence electrons. The van der Waals surface area contributed by atoms with Crippen LogP contribution in [0.2, 0.25) is 0 Å². The molecule has 19 heavy (non-hydrogen) atoms. The number of nitrogens with two attached hydrogens (primary N) is 1. The molecular weight excluding hydrogens is 236 g/mol. The Bertz CT molecular complexity index is 348. The molecule has 0 aliphatic heterocycles. The van der Waals surface area contributed by atoms with E-state index in [0.717, 1.165) is 30.9 Å². The van der Waals surface area contributed by atoms with E-state index in [4.69, 9.17) is 10.5 Å². The first-order valence-electron chi connectivity index (χ1n) is 7.16. The average Bonchev–Trinajstić information content (AvgIpc) is 2.43. The van der Waals surface area contributed by atoms with Crippen molar-refractivity contribution in [3.8, 4) is 5.75 Å². The van der Waals surface area contributed by atoms with Gasteiger partial charge in [0.2, 0.25) is 0 Å². The minimum atomic E-state index is 0.582. The molecule has 1 rings (SSSR count). The first kappa shape index (κ1) is 16.0. The summed E-state index contributed by atoms with van der Waals surface area (Å²) in [4.78, 5) is 2.39. The molecule has 2 N–H and O–H groups in total. The number of nitrogens with zero attached hydrogens (tertiary/aromatic N) is 1. The van der Waals surface area contributed by atoms with Gasteiger partial charge in [-0.1, -0.05) is 26.0 Å². The molecule has 0 aliphatic rings. The van der Waals surface area contributed by atoms with Crippen molar-refractivity contribution in [3.63, 3.8) is 0 Å². The van der Waals surface area contributed by atoms with Crippen molar-refractivity contribution in [2.75, 3.05) is 20.2 Å². The Balaban J connectivity index is 2.23. The van der Waals surface area contributed by atoms with Crippen LogP contribution in [0.1, 0.15) is 32.8 Å². The summed E-state index contributed by atoms with van der Waals surface area (Å²) in [6.07, 6.45) is 1.05. The van der Waals surface area contributed by atoms with Gasteiger partial charge in [0, 0.05) is 19.1 Å². The molecule has 0 amide bonds. The van der Waals surface area contributed by atoms with E-state index in [9.17, 15) is 0 Å². The highest BCUT2D eigenvalue weighted by molar-refractivity contribution is 5.26. The first-order valence-corrected chi connectivity index (χ1v) is 7.16. The topological polar surface area (TPSA) is 38.5 Å². The van der Waals surface area contributed by atoms with Crippen molar-refractivity contribution in [1.29, 1.82) is 0 Å². The third kappa shape index (κ3) is 5.62. The van der Waals surface area contributed by atoms with E-state index < -0.39 is 0 Å². The lowest BCUT2D eigenvalue weighted by molar-refractivity contribution is 0.189. The lowest BCUT2D eigenvalue weighted by Gasteiger charge is -2.27. The van der Waals surface area contributed by atoms with Crippen LogP contribution >= 0.6 is 0 Å². The molecule has 0 saturated heterocycles. The van der Waals surface area contributed by atoms with Crippen molar-refractivity contribution in [3.05, 3.63) is 29.8 Å². The molecule has 0 saturated carbocycles. The Morgan fingerprint density at radius 3 is 2.32 bits per heavy atom. The molecule has 3 heteroatoms. The zero-order chi connectivity index (χ0) is 14.3. The molecule has 0 heterocycles. The van der Waals surface area contributed by atoms with Gasteiger partial charge >= 0.3 is 0 Å². The molecule has 0 spiro atoms. The van der Waals surface area contributed by atoms with Gasteiger partial charge in [0.25, 0.3) is 0 Å². The van der Waals surface area contributed by atoms with Gasteiger partial charge in [-0.05, 0) is 44.0 Å². The molecule has 0 aliphatic carbocycles. The van der Waals surface area contributed by atoms with Crippen LogP contribution in [-0.2, 0) is 6.54 Å². The lowest BCUT2D eigenvalue weighted by Crippen LogP contribution is -2.34. The van der Waals surface area contributed by atoms with Gasteiger partial charge in [-0.3, -0.25) is 0 Å². The Kier molecular flexibility index (Phi) is 6.89. The molecule has 0 radical (unpaired) electrons. The minimum absolute atomic E-state index is 0.582. The number of hydrogen-bond acceptors (Lipinski definition) is 3.